The summed E-state index contributed by atoms with van der Waals surface area (Å²) < 4.78 is 11.1. The average Bonchev–Trinajstić information content (AvgIpc) is 2.36. The summed E-state index contributed by atoms with van der Waals surface area (Å²) in [4.78, 5) is 4.45. The molecule has 4 heteroatoms. The Hall–Kier alpha value is -1.13. The van der Waals surface area contributed by atoms with Crippen molar-refractivity contribution in [1.29, 1.82) is 0 Å². The number of hydrogen-bond donors (Lipinski definition) is 1. The van der Waals surface area contributed by atoms with Gasteiger partial charge in [-0.3, -0.25) is 4.98 Å². The third-order valence-corrected chi connectivity index (χ3v) is 3.35. The first-order chi connectivity index (χ1) is 8.67. The summed E-state index contributed by atoms with van der Waals surface area (Å²) in [6.07, 6.45) is 4.63. The molecule has 1 heterocycles. The molecule has 1 aromatic rings. The van der Waals surface area contributed by atoms with E-state index in [0.29, 0.717) is 12.6 Å². The van der Waals surface area contributed by atoms with Crippen LogP contribution in [0.15, 0.2) is 12.1 Å². The molecule has 1 aromatic heterocycles. The largest absolute Gasteiger partial charge is 0.497 e. The van der Waals surface area contributed by atoms with Crippen LogP contribution in [-0.2, 0) is 11.3 Å². The second kappa shape index (κ2) is 6.16. The Labute approximate surface area is 108 Å². The standard InChI is InChI=1S/C14H22N2O2/c1-10-6-14(17-2)8-12(16-10)9-18-13-5-3-4-11(15)7-13/h6,8,11,13H,3-5,7,9,15H2,1-2H3. The molecule has 1 fully saturated rings. The van der Waals surface area contributed by atoms with Gasteiger partial charge in [0.2, 0.25) is 0 Å². The molecule has 1 aliphatic rings. The highest BCUT2D eigenvalue weighted by Crippen LogP contribution is 2.21. The van der Waals surface area contributed by atoms with E-state index in [9.17, 15) is 0 Å². The van der Waals surface area contributed by atoms with E-state index in [-0.39, 0.29) is 6.10 Å². The predicted octanol–water partition coefficient (Wildman–Crippen LogP) is 2.19. The molecule has 2 rings (SSSR count). The lowest BCUT2D eigenvalue weighted by molar-refractivity contribution is 0.0106. The maximum atomic E-state index is 5.95. The van der Waals surface area contributed by atoms with Crippen LogP contribution in [-0.4, -0.2) is 24.2 Å². The average molecular weight is 250 g/mol. The van der Waals surface area contributed by atoms with E-state index in [2.05, 4.69) is 4.98 Å². The van der Waals surface area contributed by atoms with E-state index in [1.165, 1.54) is 0 Å². The van der Waals surface area contributed by atoms with Crippen molar-refractivity contribution in [2.45, 2.75) is 51.4 Å². The summed E-state index contributed by atoms with van der Waals surface area (Å²) in [5.74, 6) is 0.835. The van der Waals surface area contributed by atoms with E-state index in [1.807, 2.05) is 19.1 Å². The molecule has 0 aliphatic heterocycles. The number of hydrogen-bond acceptors (Lipinski definition) is 4. The van der Waals surface area contributed by atoms with E-state index in [4.69, 9.17) is 15.2 Å². The van der Waals surface area contributed by atoms with E-state index in [0.717, 1.165) is 42.8 Å². The normalized spacial score (nSPS) is 23.9. The molecule has 0 spiro atoms. The molecule has 0 radical (unpaired) electrons. The highest BCUT2D eigenvalue weighted by molar-refractivity contribution is 5.26. The van der Waals surface area contributed by atoms with Gasteiger partial charge in [-0.15, -0.1) is 0 Å². The van der Waals surface area contributed by atoms with Crippen LogP contribution in [0.3, 0.4) is 0 Å². The molecule has 1 aliphatic carbocycles. The minimum absolute atomic E-state index is 0.280. The zero-order valence-corrected chi connectivity index (χ0v) is 11.2. The number of pyridine rings is 1. The van der Waals surface area contributed by atoms with Crippen LogP contribution >= 0.6 is 0 Å². The van der Waals surface area contributed by atoms with Crippen molar-refractivity contribution >= 4 is 0 Å². The van der Waals surface area contributed by atoms with E-state index in [1.54, 1.807) is 7.11 Å². The molecule has 2 atom stereocenters. The molecule has 0 bridgehead atoms. The Morgan fingerprint density at radius 1 is 1.39 bits per heavy atom. The Balaban J connectivity index is 1.91. The molecular weight excluding hydrogens is 228 g/mol. The minimum Gasteiger partial charge on any atom is -0.497 e. The van der Waals surface area contributed by atoms with Gasteiger partial charge in [0, 0.05) is 23.9 Å². The van der Waals surface area contributed by atoms with Gasteiger partial charge in [-0.2, -0.15) is 0 Å². The summed E-state index contributed by atoms with van der Waals surface area (Å²) in [5.41, 5.74) is 7.82. The Morgan fingerprint density at radius 2 is 2.22 bits per heavy atom. The lowest BCUT2D eigenvalue weighted by Gasteiger charge is -2.26. The second-order valence-electron chi connectivity index (χ2n) is 5.00. The van der Waals surface area contributed by atoms with Crippen LogP contribution < -0.4 is 10.5 Å². The topological polar surface area (TPSA) is 57.4 Å². The van der Waals surface area contributed by atoms with Gasteiger partial charge in [0.1, 0.15) is 5.75 Å². The highest BCUT2D eigenvalue weighted by atomic mass is 16.5. The van der Waals surface area contributed by atoms with E-state index >= 15 is 0 Å². The van der Waals surface area contributed by atoms with Crippen molar-refractivity contribution in [1.82, 2.24) is 4.98 Å². The summed E-state index contributed by atoms with van der Waals surface area (Å²) in [5, 5.41) is 0. The molecule has 2 unspecified atom stereocenters. The highest BCUT2D eigenvalue weighted by Gasteiger charge is 2.19. The predicted molar refractivity (Wildman–Crippen MR) is 70.5 cm³/mol. The zero-order valence-electron chi connectivity index (χ0n) is 11.2. The SMILES string of the molecule is COc1cc(C)nc(COC2CCCC(N)C2)c1. The van der Waals surface area contributed by atoms with Crippen molar-refractivity contribution in [2.75, 3.05) is 7.11 Å². The number of nitrogens with two attached hydrogens (primary N) is 1. The summed E-state index contributed by atoms with van der Waals surface area (Å²) in [7, 11) is 1.67. The van der Waals surface area contributed by atoms with Crippen molar-refractivity contribution < 1.29 is 9.47 Å². The van der Waals surface area contributed by atoms with Gasteiger partial charge in [-0.25, -0.2) is 0 Å². The first-order valence-corrected chi connectivity index (χ1v) is 6.56. The number of methoxy groups -OCH3 is 1. The summed E-state index contributed by atoms with van der Waals surface area (Å²) in [6.45, 7) is 2.50. The van der Waals surface area contributed by atoms with E-state index < -0.39 is 0 Å². The van der Waals surface area contributed by atoms with Gasteiger partial charge < -0.3 is 15.2 Å². The maximum Gasteiger partial charge on any atom is 0.122 e. The number of aryl methyl sites for hydroxylation is 1. The fourth-order valence-electron chi connectivity index (χ4n) is 2.43. The minimum atomic E-state index is 0.280. The van der Waals surface area contributed by atoms with Gasteiger partial charge in [-0.05, 0) is 32.6 Å². The molecule has 0 aromatic carbocycles. The lowest BCUT2D eigenvalue weighted by Crippen LogP contribution is -2.32. The smallest absolute Gasteiger partial charge is 0.122 e. The molecule has 0 saturated heterocycles. The number of aromatic nitrogens is 1. The molecule has 4 nitrogen and oxygen atoms in total. The molecule has 2 N–H and O–H groups in total. The third-order valence-electron chi connectivity index (χ3n) is 3.35. The Bertz CT molecular complexity index is 395. The number of nitrogens with zero attached hydrogens (tertiary/aromatic N) is 1. The monoisotopic (exact) mass is 250 g/mol. The molecule has 1 saturated carbocycles. The van der Waals surface area contributed by atoms with Crippen molar-refractivity contribution in [3.63, 3.8) is 0 Å². The first-order valence-electron chi connectivity index (χ1n) is 6.56. The van der Waals surface area contributed by atoms with Crippen LogP contribution in [0.2, 0.25) is 0 Å². The van der Waals surface area contributed by atoms with Crippen molar-refractivity contribution in [3.05, 3.63) is 23.5 Å². The Kier molecular flexibility index (Phi) is 4.55. The van der Waals surface area contributed by atoms with Crippen molar-refractivity contribution in [2.24, 2.45) is 5.73 Å². The summed E-state index contributed by atoms with van der Waals surface area (Å²) >= 11 is 0. The Morgan fingerprint density at radius 3 is 2.94 bits per heavy atom. The zero-order chi connectivity index (χ0) is 13.0. The van der Waals surface area contributed by atoms with Gasteiger partial charge in [0.25, 0.3) is 0 Å². The lowest BCUT2D eigenvalue weighted by atomic mass is 9.93. The third kappa shape index (κ3) is 3.68. The van der Waals surface area contributed by atoms with Crippen LogP contribution in [0.25, 0.3) is 0 Å². The van der Waals surface area contributed by atoms with Crippen LogP contribution in [0.1, 0.15) is 37.1 Å². The molecular formula is C14H22N2O2. The van der Waals surface area contributed by atoms with Crippen LogP contribution in [0, 0.1) is 6.92 Å². The van der Waals surface area contributed by atoms with Gasteiger partial charge >= 0.3 is 0 Å². The number of rotatable bonds is 4. The first kappa shape index (κ1) is 13.3. The fraction of sp³-hybridized carbons (Fsp3) is 0.643. The molecule has 0 amide bonds. The van der Waals surface area contributed by atoms with Crippen molar-refractivity contribution in [3.8, 4) is 5.75 Å². The van der Waals surface area contributed by atoms with Gasteiger partial charge in [0.15, 0.2) is 0 Å². The molecule has 18 heavy (non-hydrogen) atoms. The van der Waals surface area contributed by atoms with Crippen LogP contribution in [0.4, 0.5) is 0 Å². The summed E-state index contributed by atoms with van der Waals surface area (Å²) in [6, 6.07) is 4.14. The fourth-order valence-corrected chi connectivity index (χ4v) is 2.43. The molecule has 100 valence electrons. The van der Waals surface area contributed by atoms with Gasteiger partial charge in [0.05, 0.1) is 25.5 Å². The maximum absolute atomic E-state index is 5.95. The van der Waals surface area contributed by atoms with Gasteiger partial charge in [-0.1, -0.05) is 0 Å². The van der Waals surface area contributed by atoms with Crippen LogP contribution in [0.5, 0.6) is 5.75 Å². The second-order valence-corrected chi connectivity index (χ2v) is 5.00. The quantitative estimate of drug-likeness (QED) is 0.890. The number of ether oxygens (including phenoxy) is 2.